The molecule has 1 aliphatic heterocycles. The van der Waals surface area contributed by atoms with Crippen LogP contribution in [-0.2, 0) is 44.0 Å². The highest BCUT2D eigenvalue weighted by atomic mass is 32.2. The predicted molar refractivity (Wildman–Crippen MR) is 156 cm³/mol. The number of ether oxygens (including phenoxy) is 4. The van der Waals surface area contributed by atoms with Gasteiger partial charge in [0.25, 0.3) is 5.91 Å². The summed E-state index contributed by atoms with van der Waals surface area (Å²) in [5.41, 5.74) is 5.68. The number of cyclic esters (lactones) is 1. The van der Waals surface area contributed by atoms with Crippen molar-refractivity contribution in [3.63, 3.8) is 0 Å². The lowest BCUT2D eigenvalue weighted by Crippen LogP contribution is -2.55. The molecule has 0 aliphatic carbocycles. The SMILES string of the molecule is CON=C(C(=O)N[C@H]1COC(=O)c2c(C)c(OC(C)=O)cc(OC(C)=O)c2CSC[C@@H](C(=O)OC)NC1=O)c1csc(N)n1. The van der Waals surface area contributed by atoms with Crippen LogP contribution < -0.4 is 25.8 Å². The summed E-state index contributed by atoms with van der Waals surface area (Å²) in [4.78, 5) is 85.1. The Morgan fingerprint density at radius 3 is 2.41 bits per heavy atom. The van der Waals surface area contributed by atoms with Gasteiger partial charge in [0, 0.05) is 47.9 Å². The number of nitrogen functional groups attached to an aromatic ring is 1. The van der Waals surface area contributed by atoms with Crippen LogP contribution in [-0.4, -0.2) is 85.1 Å². The highest BCUT2D eigenvalue weighted by molar-refractivity contribution is 7.98. The molecule has 2 atom stereocenters. The van der Waals surface area contributed by atoms with Gasteiger partial charge < -0.3 is 40.2 Å². The predicted octanol–water partition coefficient (Wildman–Crippen LogP) is 0.481. The first-order valence-corrected chi connectivity index (χ1v) is 14.7. The van der Waals surface area contributed by atoms with Crippen LogP contribution in [0.5, 0.6) is 11.5 Å². The van der Waals surface area contributed by atoms with E-state index in [-0.39, 0.29) is 56.2 Å². The molecule has 0 unspecified atom stereocenters. The number of nitrogens with one attached hydrogen (secondary N) is 2. The topological polar surface area (TPSA) is 224 Å². The van der Waals surface area contributed by atoms with Crippen LogP contribution in [0.4, 0.5) is 5.13 Å². The van der Waals surface area contributed by atoms with Crippen molar-refractivity contribution in [1.82, 2.24) is 15.6 Å². The Morgan fingerprint density at radius 2 is 1.82 bits per heavy atom. The number of amides is 2. The van der Waals surface area contributed by atoms with Gasteiger partial charge in [-0.25, -0.2) is 14.6 Å². The van der Waals surface area contributed by atoms with Gasteiger partial charge in [0.15, 0.2) is 10.8 Å². The van der Waals surface area contributed by atoms with E-state index in [4.69, 9.17) is 29.5 Å². The van der Waals surface area contributed by atoms with E-state index in [1.54, 1.807) is 0 Å². The molecule has 0 radical (unpaired) electrons. The van der Waals surface area contributed by atoms with Gasteiger partial charge >= 0.3 is 23.9 Å². The van der Waals surface area contributed by atoms with E-state index in [0.717, 1.165) is 44.1 Å². The van der Waals surface area contributed by atoms with Crippen molar-refractivity contribution in [3.05, 3.63) is 33.8 Å². The summed E-state index contributed by atoms with van der Waals surface area (Å²) in [5.74, 6) is -5.19. The largest absolute Gasteiger partial charge is 0.467 e. The molecule has 0 bridgehead atoms. The first-order valence-electron chi connectivity index (χ1n) is 12.7. The van der Waals surface area contributed by atoms with Gasteiger partial charge in [-0.15, -0.1) is 11.3 Å². The molecule has 1 aromatic heterocycles. The Hall–Kier alpha value is -4.71. The Bertz CT molecular complexity index is 1510. The van der Waals surface area contributed by atoms with Crippen molar-refractivity contribution in [2.24, 2.45) is 5.16 Å². The summed E-state index contributed by atoms with van der Waals surface area (Å²) in [7, 11) is 2.33. The first-order chi connectivity index (χ1) is 20.9. The molecule has 0 spiro atoms. The Kier molecular flexibility index (Phi) is 11.6. The molecular weight excluding hydrogens is 622 g/mol. The van der Waals surface area contributed by atoms with Crippen LogP contribution in [0.2, 0.25) is 0 Å². The molecule has 0 fully saturated rings. The van der Waals surface area contributed by atoms with Crippen molar-refractivity contribution in [3.8, 4) is 11.5 Å². The van der Waals surface area contributed by atoms with E-state index in [1.807, 2.05) is 0 Å². The number of methoxy groups -OCH3 is 1. The standard InChI is InChI=1S/C26H29N5O11S2/c1-11-18(41-12(2)32)6-19(42-13(3)33)14-8-43-9-17(24(36)38-4)29-22(34)15(7-40-25(37)20(11)14)28-23(35)21(31-39-5)16-10-44-26(27)30-16/h6,10,15,17H,7-9H2,1-5H3,(H2,27,30)(H,28,35)(H,29,34)/t15-,17-/m0/s1. The van der Waals surface area contributed by atoms with Crippen molar-refractivity contribution in [2.75, 3.05) is 32.3 Å². The number of hydrogen-bond acceptors (Lipinski definition) is 16. The van der Waals surface area contributed by atoms with Crippen LogP contribution in [0.3, 0.4) is 0 Å². The second-order valence-corrected chi connectivity index (χ2v) is 10.9. The first kappa shape index (κ1) is 33.8. The number of carbonyl (C=O) groups excluding carboxylic acids is 6. The summed E-state index contributed by atoms with van der Waals surface area (Å²) >= 11 is 2.13. The minimum absolute atomic E-state index is 0.00534. The van der Waals surface area contributed by atoms with Crippen molar-refractivity contribution in [1.29, 1.82) is 0 Å². The van der Waals surface area contributed by atoms with E-state index in [0.29, 0.717) is 0 Å². The summed E-state index contributed by atoms with van der Waals surface area (Å²) in [6.07, 6.45) is 0. The number of fused-ring (bicyclic) bond motifs is 1. The maximum atomic E-state index is 13.5. The number of esters is 4. The molecule has 0 saturated heterocycles. The van der Waals surface area contributed by atoms with E-state index in [2.05, 4.69) is 20.8 Å². The molecule has 2 amide bonds. The fourth-order valence-corrected chi connectivity index (χ4v) is 5.52. The summed E-state index contributed by atoms with van der Waals surface area (Å²) in [6, 6.07) is -1.46. The number of thioether (sulfide) groups is 1. The molecule has 0 saturated carbocycles. The fraction of sp³-hybridized carbons (Fsp3) is 0.385. The fourth-order valence-electron chi connectivity index (χ4n) is 3.91. The summed E-state index contributed by atoms with van der Waals surface area (Å²) in [6.45, 7) is 3.06. The molecule has 4 N–H and O–H groups in total. The molecule has 236 valence electrons. The number of nitrogens with two attached hydrogens (primary N) is 1. The lowest BCUT2D eigenvalue weighted by molar-refractivity contribution is -0.144. The zero-order valence-corrected chi connectivity index (χ0v) is 25.8. The van der Waals surface area contributed by atoms with Crippen LogP contribution in [0.25, 0.3) is 0 Å². The third-order valence-corrected chi connectivity index (χ3v) is 7.55. The Balaban J connectivity index is 2.07. The van der Waals surface area contributed by atoms with Gasteiger partial charge in [-0.1, -0.05) is 5.16 Å². The summed E-state index contributed by atoms with van der Waals surface area (Å²) < 4.78 is 20.9. The highest BCUT2D eigenvalue weighted by Gasteiger charge is 2.33. The molecule has 18 heteroatoms. The van der Waals surface area contributed by atoms with Crippen LogP contribution in [0.15, 0.2) is 16.6 Å². The van der Waals surface area contributed by atoms with Crippen molar-refractivity contribution in [2.45, 2.75) is 38.6 Å². The van der Waals surface area contributed by atoms with Crippen molar-refractivity contribution >= 4 is 69.6 Å². The van der Waals surface area contributed by atoms with Crippen LogP contribution >= 0.6 is 23.1 Å². The maximum absolute atomic E-state index is 13.5. The highest BCUT2D eigenvalue weighted by Crippen LogP contribution is 2.37. The van der Waals surface area contributed by atoms with Crippen LogP contribution in [0, 0.1) is 6.92 Å². The smallest absolute Gasteiger partial charge is 0.339 e. The number of anilines is 1. The van der Waals surface area contributed by atoms with Crippen molar-refractivity contribution < 1.29 is 52.6 Å². The Labute approximate surface area is 258 Å². The van der Waals surface area contributed by atoms with E-state index < -0.39 is 54.4 Å². The number of thiazole rings is 1. The lowest BCUT2D eigenvalue weighted by Gasteiger charge is -2.24. The summed E-state index contributed by atoms with van der Waals surface area (Å²) in [5, 5.41) is 10.2. The number of nitrogens with zero attached hydrogens (tertiary/aromatic N) is 2. The molecule has 1 aromatic carbocycles. The molecule has 1 aliphatic rings. The van der Waals surface area contributed by atoms with Gasteiger partial charge in [0.05, 0.1) is 12.7 Å². The zero-order chi connectivity index (χ0) is 32.6. The lowest BCUT2D eigenvalue weighted by atomic mass is 10.0. The van der Waals surface area contributed by atoms with Gasteiger partial charge in [-0.3, -0.25) is 19.2 Å². The molecule has 44 heavy (non-hydrogen) atoms. The third-order valence-electron chi connectivity index (χ3n) is 5.82. The number of carbonyl (C=O) groups is 6. The number of aromatic nitrogens is 1. The quantitative estimate of drug-likeness (QED) is 0.160. The maximum Gasteiger partial charge on any atom is 0.339 e. The average molecular weight is 652 g/mol. The second-order valence-electron chi connectivity index (χ2n) is 8.96. The van der Waals surface area contributed by atoms with E-state index in [9.17, 15) is 28.8 Å². The third kappa shape index (κ3) is 8.44. The minimum Gasteiger partial charge on any atom is -0.467 e. The number of rotatable bonds is 7. The van der Waals surface area contributed by atoms with Gasteiger partial charge in [0.2, 0.25) is 5.91 Å². The van der Waals surface area contributed by atoms with E-state index in [1.165, 1.54) is 25.5 Å². The molecule has 3 rings (SSSR count). The van der Waals surface area contributed by atoms with Gasteiger partial charge in [-0.2, -0.15) is 11.8 Å². The normalized spacial score (nSPS) is 17.4. The van der Waals surface area contributed by atoms with Gasteiger partial charge in [0.1, 0.15) is 43.0 Å². The Morgan fingerprint density at radius 1 is 1.14 bits per heavy atom. The minimum atomic E-state index is -1.56. The molecule has 2 heterocycles. The number of benzene rings is 1. The monoisotopic (exact) mass is 651 g/mol. The molecular formula is C26H29N5O11S2. The number of oxime groups is 1. The second kappa shape index (κ2) is 15.1. The van der Waals surface area contributed by atoms with Crippen LogP contribution in [0.1, 0.15) is 41.0 Å². The van der Waals surface area contributed by atoms with Gasteiger partial charge in [-0.05, 0) is 6.92 Å². The average Bonchev–Trinajstić information content (AvgIpc) is 3.39. The zero-order valence-electron chi connectivity index (χ0n) is 24.2. The number of hydrogen-bond donors (Lipinski definition) is 3. The van der Waals surface area contributed by atoms with E-state index >= 15 is 0 Å². The molecule has 16 nitrogen and oxygen atoms in total. The molecule has 2 aromatic rings.